The first kappa shape index (κ1) is 25.6. The molecule has 6 nitrogen and oxygen atoms in total. The van der Waals surface area contributed by atoms with Crippen LogP contribution in [0.2, 0.25) is 5.02 Å². The van der Waals surface area contributed by atoms with Crippen LogP contribution in [0, 0.1) is 5.92 Å². The van der Waals surface area contributed by atoms with Crippen molar-refractivity contribution in [3.05, 3.63) is 70.7 Å². The van der Waals surface area contributed by atoms with E-state index in [1.54, 1.807) is 90.1 Å². The number of benzene rings is 2. The van der Waals surface area contributed by atoms with Crippen LogP contribution < -0.4 is 0 Å². The van der Waals surface area contributed by atoms with Crippen LogP contribution in [-0.2, 0) is 9.59 Å². The molecule has 0 radical (unpaired) electrons. The van der Waals surface area contributed by atoms with Gasteiger partial charge in [-0.05, 0) is 59.2 Å². The average Bonchev–Trinajstić information content (AvgIpc) is 2.71. The molecule has 2 aromatic rings. The summed E-state index contributed by atoms with van der Waals surface area (Å²) in [7, 11) is 0. The van der Waals surface area contributed by atoms with Crippen LogP contribution in [0.3, 0.4) is 0 Å². The molecule has 0 aliphatic carbocycles. The van der Waals surface area contributed by atoms with Gasteiger partial charge in [0, 0.05) is 34.0 Å². The molecule has 2 aromatic carbocycles. The van der Waals surface area contributed by atoms with E-state index in [4.69, 9.17) is 11.6 Å². The monoisotopic (exact) mass is 482 g/mol. The summed E-state index contributed by atoms with van der Waals surface area (Å²) in [6, 6.07) is 14.9. The number of carbonyl (C=O) groups excluding carboxylic acids is 4. The Kier molecular flexibility index (Phi) is 7.04. The lowest BCUT2D eigenvalue weighted by Crippen LogP contribution is -2.68. The number of hydrogen-bond donors (Lipinski definition) is 0. The van der Waals surface area contributed by atoms with E-state index in [2.05, 4.69) is 0 Å². The van der Waals surface area contributed by atoms with E-state index in [-0.39, 0.29) is 12.2 Å². The number of urea groups is 1. The summed E-state index contributed by atoms with van der Waals surface area (Å²) < 4.78 is 0. The van der Waals surface area contributed by atoms with Crippen molar-refractivity contribution >= 4 is 35.2 Å². The first-order chi connectivity index (χ1) is 15.7. The Hall–Kier alpha value is -2.99. The van der Waals surface area contributed by atoms with Gasteiger partial charge in [-0.25, -0.2) is 4.79 Å². The number of halogens is 1. The third kappa shape index (κ3) is 5.07. The van der Waals surface area contributed by atoms with Crippen molar-refractivity contribution in [2.45, 2.75) is 65.0 Å². The van der Waals surface area contributed by atoms with Gasteiger partial charge in [-0.2, -0.15) is 0 Å². The second-order valence-electron chi connectivity index (χ2n) is 10.6. The summed E-state index contributed by atoms with van der Waals surface area (Å²) in [5.74, 6) is -3.45. The fourth-order valence-electron chi connectivity index (χ4n) is 4.36. The first-order valence-corrected chi connectivity index (χ1v) is 11.7. The molecule has 1 fully saturated rings. The number of carbonyl (C=O) groups is 4. The van der Waals surface area contributed by atoms with Crippen molar-refractivity contribution in [2.24, 2.45) is 5.92 Å². The Morgan fingerprint density at radius 3 is 1.85 bits per heavy atom. The standard InChI is InChI=1S/C27H31ClN2O4/c1-26(2,3)29-23(32)22(24(33)30(25(29)34)27(4,5)6)20(18-13-10-14-19(28)15-18)16-21(31)17-11-8-7-9-12-17/h7-15,20,22H,16H2,1-6H3/t20-/m1/s1. The number of ketones is 1. The molecule has 1 atom stereocenters. The van der Waals surface area contributed by atoms with Gasteiger partial charge in [-0.3, -0.25) is 24.2 Å². The minimum atomic E-state index is -1.25. The van der Waals surface area contributed by atoms with E-state index < -0.39 is 40.8 Å². The van der Waals surface area contributed by atoms with Gasteiger partial charge in [-0.15, -0.1) is 0 Å². The summed E-state index contributed by atoms with van der Waals surface area (Å²) in [6.07, 6.45) is -0.0866. The Morgan fingerprint density at radius 1 is 0.853 bits per heavy atom. The highest BCUT2D eigenvalue weighted by atomic mass is 35.5. The van der Waals surface area contributed by atoms with Crippen LogP contribution >= 0.6 is 11.6 Å². The molecule has 34 heavy (non-hydrogen) atoms. The molecule has 0 N–H and O–H groups in total. The third-order valence-electron chi connectivity index (χ3n) is 5.88. The van der Waals surface area contributed by atoms with Crippen LogP contribution in [-0.4, -0.2) is 44.5 Å². The van der Waals surface area contributed by atoms with Crippen molar-refractivity contribution in [3.8, 4) is 0 Å². The van der Waals surface area contributed by atoms with Crippen molar-refractivity contribution in [1.82, 2.24) is 9.80 Å². The maximum atomic E-state index is 13.8. The molecule has 3 rings (SSSR count). The van der Waals surface area contributed by atoms with Crippen molar-refractivity contribution in [2.75, 3.05) is 0 Å². The topological polar surface area (TPSA) is 74.8 Å². The van der Waals surface area contributed by atoms with Gasteiger partial charge in [0.1, 0.15) is 5.92 Å². The zero-order chi connectivity index (χ0) is 25.4. The summed E-state index contributed by atoms with van der Waals surface area (Å²) in [5, 5.41) is 0.432. The van der Waals surface area contributed by atoms with Crippen LogP contribution in [0.25, 0.3) is 0 Å². The average molecular weight is 483 g/mol. The Balaban J connectivity index is 2.17. The summed E-state index contributed by atoms with van der Waals surface area (Å²) in [4.78, 5) is 56.5. The van der Waals surface area contributed by atoms with Crippen molar-refractivity contribution in [3.63, 3.8) is 0 Å². The number of imide groups is 2. The zero-order valence-corrected chi connectivity index (χ0v) is 21.2. The highest BCUT2D eigenvalue weighted by Gasteiger charge is 2.55. The molecule has 1 heterocycles. The molecule has 1 aliphatic rings. The van der Waals surface area contributed by atoms with Gasteiger partial charge in [-0.1, -0.05) is 54.1 Å². The van der Waals surface area contributed by atoms with E-state index in [0.29, 0.717) is 16.1 Å². The minimum Gasteiger partial charge on any atom is -0.294 e. The van der Waals surface area contributed by atoms with E-state index >= 15 is 0 Å². The second-order valence-corrected chi connectivity index (χ2v) is 11.0. The normalized spacial score (nSPS) is 16.7. The molecular formula is C27H31ClN2O4. The fraction of sp³-hybridized carbons (Fsp3) is 0.407. The van der Waals surface area contributed by atoms with Crippen LogP contribution in [0.4, 0.5) is 4.79 Å². The van der Waals surface area contributed by atoms with Gasteiger partial charge in [0.05, 0.1) is 0 Å². The van der Waals surface area contributed by atoms with Crippen molar-refractivity contribution in [1.29, 1.82) is 0 Å². The highest BCUT2D eigenvalue weighted by Crippen LogP contribution is 2.39. The molecule has 0 saturated carbocycles. The van der Waals surface area contributed by atoms with Gasteiger partial charge in [0.15, 0.2) is 5.78 Å². The predicted octanol–water partition coefficient (Wildman–Crippen LogP) is 5.70. The Bertz CT molecular complexity index is 1080. The third-order valence-corrected chi connectivity index (χ3v) is 6.11. The number of barbiturate groups is 1. The summed E-state index contributed by atoms with van der Waals surface area (Å²) in [5.41, 5.74) is -0.639. The lowest BCUT2D eigenvalue weighted by atomic mass is 9.77. The first-order valence-electron chi connectivity index (χ1n) is 11.3. The maximum Gasteiger partial charge on any atom is 0.334 e. The quantitative estimate of drug-likeness (QED) is 0.404. The van der Waals surface area contributed by atoms with Crippen LogP contribution in [0.5, 0.6) is 0 Å². The number of nitrogens with zero attached hydrogens (tertiary/aromatic N) is 2. The molecule has 0 spiro atoms. The molecule has 0 bridgehead atoms. The largest absolute Gasteiger partial charge is 0.334 e. The summed E-state index contributed by atoms with van der Waals surface area (Å²) >= 11 is 6.25. The van der Waals surface area contributed by atoms with Crippen LogP contribution in [0.1, 0.15) is 69.8 Å². The molecule has 0 aromatic heterocycles. The smallest absolute Gasteiger partial charge is 0.294 e. The fourth-order valence-corrected chi connectivity index (χ4v) is 4.56. The van der Waals surface area contributed by atoms with E-state index in [9.17, 15) is 19.2 Å². The Labute approximate surface area is 205 Å². The maximum absolute atomic E-state index is 13.8. The van der Waals surface area contributed by atoms with Crippen LogP contribution in [0.15, 0.2) is 54.6 Å². The molecular weight excluding hydrogens is 452 g/mol. The molecule has 7 heteroatoms. The second kappa shape index (κ2) is 9.34. The molecule has 4 amide bonds. The highest BCUT2D eigenvalue weighted by molar-refractivity contribution is 6.30. The number of hydrogen-bond acceptors (Lipinski definition) is 4. The molecule has 0 unspecified atom stereocenters. The van der Waals surface area contributed by atoms with E-state index in [1.807, 2.05) is 6.07 Å². The van der Waals surface area contributed by atoms with Gasteiger partial charge in [0.2, 0.25) is 11.8 Å². The Morgan fingerprint density at radius 2 is 1.38 bits per heavy atom. The van der Waals surface area contributed by atoms with E-state index in [1.165, 1.54) is 0 Å². The zero-order valence-electron chi connectivity index (χ0n) is 20.5. The van der Waals surface area contributed by atoms with Gasteiger partial charge < -0.3 is 0 Å². The lowest BCUT2D eigenvalue weighted by Gasteiger charge is -2.48. The minimum absolute atomic E-state index is 0.0866. The number of amides is 4. The van der Waals surface area contributed by atoms with Gasteiger partial charge in [0.25, 0.3) is 0 Å². The number of Topliss-reactive ketones (excluding diaryl/α,β-unsaturated/α-hetero) is 1. The summed E-state index contributed by atoms with van der Waals surface area (Å²) in [6.45, 7) is 10.5. The van der Waals surface area contributed by atoms with Crippen molar-refractivity contribution < 1.29 is 19.2 Å². The number of rotatable bonds is 5. The van der Waals surface area contributed by atoms with Gasteiger partial charge >= 0.3 is 6.03 Å². The molecule has 1 aliphatic heterocycles. The predicted molar refractivity (Wildman–Crippen MR) is 132 cm³/mol. The molecule has 1 saturated heterocycles. The van der Waals surface area contributed by atoms with E-state index in [0.717, 1.165) is 9.80 Å². The molecule has 180 valence electrons. The SMILES string of the molecule is CC(C)(C)N1C(=O)C([C@H](CC(=O)c2ccccc2)c2cccc(Cl)c2)C(=O)N(C(C)(C)C)C1=O. The lowest BCUT2D eigenvalue weighted by molar-refractivity contribution is -0.156.